The molecule has 0 saturated carbocycles. The fourth-order valence-corrected chi connectivity index (χ4v) is 2.22. The maximum atomic E-state index is 13.2. The zero-order valence-electron chi connectivity index (χ0n) is 11.2. The zero-order valence-corrected chi connectivity index (χ0v) is 11.2. The molecule has 0 aliphatic heterocycles. The van der Waals surface area contributed by atoms with Crippen LogP contribution in [0.2, 0.25) is 0 Å². The first kappa shape index (κ1) is 16.2. The number of aromatic hydroxyl groups is 1. The summed E-state index contributed by atoms with van der Waals surface area (Å²) >= 11 is 0. The molecule has 2 aromatic rings. The smallest absolute Gasteiger partial charge is 0.417 e. The van der Waals surface area contributed by atoms with Crippen molar-refractivity contribution in [2.75, 3.05) is 0 Å². The van der Waals surface area contributed by atoms with Crippen LogP contribution in [0.5, 0.6) is 5.75 Å². The van der Waals surface area contributed by atoms with E-state index in [0.29, 0.717) is 6.07 Å². The second-order valence-corrected chi connectivity index (χ2v) is 4.76. The summed E-state index contributed by atoms with van der Waals surface area (Å²) in [6, 6.07) is 5.70. The van der Waals surface area contributed by atoms with Crippen molar-refractivity contribution >= 4 is 0 Å². The molecule has 0 unspecified atom stereocenters. The molecule has 0 aliphatic rings. The van der Waals surface area contributed by atoms with Crippen LogP contribution in [0.25, 0.3) is 11.1 Å². The summed E-state index contributed by atoms with van der Waals surface area (Å²) in [5.41, 5.74) is -3.30. The van der Waals surface area contributed by atoms with E-state index in [-0.39, 0.29) is 28.5 Å². The van der Waals surface area contributed by atoms with Crippen molar-refractivity contribution < 1.29 is 31.4 Å². The van der Waals surface area contributed by atoms with E-state index in [9.17, 15) is 31.4 Å². The van der Waals surface area contributed by atoms with Gasteiger partial charge in [-0.2, -0.15) is 26.3 Å². The summed E-state index contributed by atoms with van der Waals surface area (Å²) in [6.07, 6.45) is -9.82. The van der Waals surface area contributed by atoms with Gasteiger partial charge >= 0.3 is 12.4 Å². The number of rotatable bonds is 1. The third-order valence-corrected chi connectivity index (χ3v) is 3.10. The number of aryl methyl sites for hydroxylation is 1. The first-order chi connectivity index (χ1) is 10.00. The molecule has 2 rings (SSSR count). The van der Waals surface area contributed by atoms with Gasteiger partial charge in [-0.3, -0.25) is 0 Å². The fourth-order valence-electron chi connectivity index (χ4n) is 2.22. The number of halogens is 6. The average molecular weight is 320 g/mol. The molecule has 0 fully saturated rings. The van der Waals surface area contributed by atoms with E-state index in [1.54, 1.807) is 0 Å². The van der Waals surface area contributed by atoms with Gasteiger partial charge in [-0.1, -0.05) is 12.1 Å². The van der Waals surface area contributed by atoms with E-state index < -0.39 is 23.5 Å². The molecule has 118 valence electrons. The Morgan fingerprint density at radius 2 is 1.50 bits per heavy atom. The van der Waals surface area contributed by atoms with E-state index in [2.05, 4.69) is 0 Å². The lowest BCUT2D eigenvalue weighted by molar-refractivity contribution is -0.142. The average Bonchev–Trinajstić information content (AvgIpc) is 2.35. The van der Waals surface area contributed by atoms with Crippen LogP contribution in [0.1, 0.15) is 16.7 Å². The van der Waals surface area contributed by atoms with Crippen LogP contribution < -0.4 is 0 Å². The molecule has 0 atom stereocenters. The molecular formula is C15H10F6O. The summed E-state index contributed by atoms with van der Waals surface area (Å²) in [4.78, 5) is 0. The SMILES string of the molecule is Cc1cc(C(F)(F)F)cc(C(F)(F)F)c1-c1cccc(O)c1. The Hall–Kier alpha value is -2.18. The molecule has 1 nitrogen and oxygen atoms in total. The molecular weight excluding hydrogens is 310 g/mol. The minimum absolute atomic E-state index is 0.00134. The lowest BCUT2D eigenvalue weighted by Crippen LogP contribution is -2.13. The highest BCUT2D eigenvalue weighted by Crippen LogP contribution is 2.43. The van der Waals surface area contributed by atoms with Crippen molar-refractivity contribution in [3.8, 4) is 16.9 Å². The predicted molar refractivity (Wildman–Crippen MR) is 68.3 cm³/mol. The van der Waals surface area contributed by atoms with Crippen molar-refractivity contribution in [1.82, 2.24) is 0 Å². The third kappa shape index (κ3) is 3.18. The van der Waals surface area contributed by atoms with Crippen molar-refractivity contribution in [2.45, 2.75) is 19.3 Å². The van der Waals surface area contributed by atoms with Crippen LogP contribution in [-0.2, 0) is 12.4 Å². The van der Waals surface area contributed by atoms with Gasteiger partial charge in [0.1, 0.15) is 5.75 Å². The molecule has 2 aromatic carbocycles. The van der Waals surface area contributed by atoms with Crippen molar-refractivity contribution in [1.29, 1.82) is 0 Å². The fraction of sp³-hybridized carbons (Fsp3) is 0.200. The summed E-state index contributed by atoms with van der Waals surface area (Å²) in [6.45, 7) is 1.17. The van der Waals surface area contributed by atoms with Gasteiger partial charge in [0.05, 0.1) is 11.1 Å². The van der Waals surface area contributed by atoms with Gasteiger partial charge < -0.3 is 5.11 Å². The normalized spacial score (nSPS) is 12.5. The van der Waals surface area contributed by atoms with Crippen LogP contribution >= 0.6 is 0 Å². The molecule has 0 heterocycles. The minimum Gasteiger partial charge on any atom is -0.508 e. The van der Waals surface area contributed by atoms with E-state index in [0.717, 1.165) is 6.07 Å². The minimum atomic E-state index is -4.95. The Morgan fingerprint density at radius 1 is 0.864 bits per heavy atom. The first-order valence-corrected chi connectivity index (χ1v) is 6.08. The quantitative estimate of drug-likeness (QED) is 0.697. The predicted octanol–water partition coefficient (Wildman–Crippen LogP) is 5.41. The second kappa shape index (κ2) is 5.23. The lowest BCUT2D eigenvalue weighted by Gasteiger charge is -2.19. The van der Waals surface area contributed by atoms with E-state index in [1.165, 1.54) is 25.1 Å². The maximum absolute atomic E-state index is 13.2. The molecule has 0 radical (unpaired) electrons. The molecule has 0 amide bonds. The second-order valence-electron chi connectivity index (χ2n) is 4.76. The van der Waals surface area contributed by atoms with Crippen LogP contribution in [0.3, 0.4) is 0 Å². The standard InChI is InChI=1S/C15H10F6O/c1-8-5-10(14(16,17)18)7-12(15(19,20)21)13(8)9-3-2-4-11(22)6-9/h2-7,22H,1H3. The van der Waals surface area contributed by atoms with Crippen LogP contribution in [0.15, 0.2) is 36.4 Å². The summed E-state index contributed by atoms with van der Waals surface area (Å²) in [7, 11) is 0. The monoisotopic (exact) mass is 320 g/mol. The van der Waals surface area contributed by atoms with Gasteiger partial charge in [0, 0.05) is 0 Å². The summed E-state index contributed by atoms with van der Waals surface area (Å²) < 4.78 is 77.6. The van der Waals surface area contributed by atoms with Crippen LogP contribution in [-0.4, -0.2) is 5.11 Å². The Bertz CT molecular complexity index is 700. The molecule has 1 N–H and O–H groups in total. The lowest BCUT2D eigenvalue weighted by atomic mass is 9.92. The maximum Gasteiger partial charge on any atom is 0.417 e. The molecule has 0 aromatic heterocycles. The number of phenolic OH excluding ortho intramolecular Hbond substituents is 1. The molecule has 0 aliphatic carbocycles. The van der Waals surface area contributed by atoms with Crippen molar-refractivity contribution in [3.63, 3.8) is 0 Å². The number of hydrogen-bond acceptors (Lipinski definition) is 1. The van der Waals surface area contributed by atoms with E-state index >= 15 is 0 Å². The van der Waals surface area contributed by atoms with E-state index in [1.807, 2.05) is 0 Å². The molecule has 7 heteroatoms. The Morgan fingerprint density at radius 3 is 2.00 bits per heavy atom. The zero-order chi connectivity index (χ0) is 16.7. The van der Waals surface area contributed by atoms with Gasteiger partial charge in [0.25, 0.3) is 0 Å². The molecule has 0 spiro atoms. The molecule has 22 heavy (non-hydrogen) atoms. The Balaban J connectivity index is 2.79. The number of alkyl halides is 6. The van der Waals surface area contributed by atoms with E-state index in [4.69, 9.17) is 0 Å². The largest absolute Gasteiger partial charge is 0.508 e. The van der Waals surface area contributed by atoms with Gasteiger partial charge in [-0.05, 0) is 47.9 Å². The number of hydrogen-bond donors (Lipinski definition) is 1. The molecule has 0 bridgehead atoms. The highest BCUT2D eigenvalue weighted by atomic mass is 19.4. The van der Waals surface area contributed by atoms with Crippen molar-refractivity contribution in [3.05, 3.63) is 53.1 Å². The highest BCUT2D eigenvalue weighted by molar-refractivity contribution is 5.73. The highest BCUT2D eigenvalue weighted by Gasteiger charge is 2.39. The van der Waals surface area contributed by atoms with Gasteiger partial charge in [0.2, 0.25) is 0 Å². The first-order valence-electron chi connectivity index (χ1n) is 6.08. The topological polar surface area (TPSA) is 20.2 Å². The summed E-state index contributed by atoms with van der Waals surface area (Å²) in [5.74, 6) is -0.273. The van der Waals surface area contributed by atoms with Gasteiger partial charge in [-0.15, -0.1) is 0 Å². The Labute approximate surface area is 121 Å². The van der Waals surface area contributed by atoms with Crippen LogP contribution in [0, 0.1) is 6.92 Å². The van der Waals surface area contributed by atoms with Gasteiger partial charge in [0.15, 0.2) is 0 Å². The number of phenols is 1. The van der Waals surface area contributed by atoms with Crippen LogP contribution in [0.4, 0.5) is 26.3 Å². The van der Waals surface area contributed by atoms with Gasteiger partial charge in [-0.25, -0.2) is 0 Å². The molecule has 0 saturated heterocycles. The van der Waals surface area contributed by atoms with Crippen molar-refractivity contribution in [2.24, 2.45) is 0 Å². The number of benzene rings is 2. The third-order valence-electron chi connectivity index (χ3n) is 3.10. The summed E-state index contributed by atoms with van der Waals surface area (Å²) in [5, 5.41) is 9.38. The Kier molecular flexibility index (Phi) is 3.85.